The fraction of sp³-hybridized carbons (Fsp3) is 0.943. The van der Waals surface area contributed by atoms with Crippen molar-refractivity contribution in [2.75, 3.05) is 19.8 Å². The fourth-order valence-electron chi connectivity index (χ4n) is 10.4. The minimum atomic E-state index is -1.43. The summed E-state index contributed by atoms with van der Waals surface area (Å²) in [7, 11) is 0. The molecule has 7 heteroatoms. The summed E-state index contributed by atoms with van der Waals surface area (Å²) in [5.41, 5.74) is 2.41. The Morgan fingerprint density at radius 3 is 2.40 bits per heavy atom. The normalized spacial score (nSPS) is 46.1. The third-order valence-corrected chi connectivity index (χ3v) is 12.8. The molecule has 7 nitrogen and oxygen atoms in total. The number of hydrogen-bond donors (Lipinski definition) is 4. The average Bonchev–Trinajstić information content (AvgIpc) is 3.32. The molecule has 3 saturated carbocycles. The zero-order chi connectivity index (χ0) is 30.2. The highest BCUT2D eigenvalue weighted by Gasteiger charge is 2.59. The average molecular weight is 593 g/mol. The quantitative estimate of drug-likeness (QED) is 0.192. The van der Waals surface area contributed by atoms with Crippen LogP contribution in [-0.2, 0) is 14.2 Å². The molecular formula is C35H60O7. The van der Waals surface area contributed by atoms with Crippen molar-refractivity contribution in [1.29, 1.82) is 0 Å². The molecule has 0 aromatic carbocycles. The molecule has 4 fully saturated rings. The van der Waals surface area contributed by atoms with E-state index in [-0.39, 0.29) is 18.1 Å². The molecular weight excluding hydrogens is 532 g/mol. The molecule has 42 heavy (non-hydrogen) atoms. The summed E-state index contributed by atoms with van der Waals surface area (Å²) < 4.78 is 17.3. The van der Waals surface area contributed by atoms with Crippen LogP contribution in [0.15, 0.2) is 11.6 Å². The molecule has 0 aromatic heterocycles. The van der Waals surface area contributed by atoms with Gasteiger partial charge in [-0.15, -0.1) is 0 Å². The standard InChI is InChI=1S/C35H60O7/c1-21(2)7-6-8-22(3)26-11-12-27-25-10-9-23-19-24(13-15-34(23,4)28(25)14-16-35(26,27)5)40-17-18-41-33-32(39)31(38)30(37)29(20-36)42-33/h9,21-22,24-33,36-39H,6-8,10-20H2,1-5H3/t22-,24+,25+,26-,27+,28+,29-,30-,31+,32-,33-,34+,35-/m1/s1. The van der Waals surface area contributed by atoms with E-state index in [1.165, 1.54) is 57.8 Å². The molecule has 13 atom stereocenters. The minimum Gasteiger partial charge on any atom is -0.394 e. The monoisotopic (exact) mass is 592 g/mol. The second kappa shape index (κ2) is 13.4. The highest BCUT2D eigenvalue weighted by Crippen LogP contribution is 2.67. The van der Waals surface area contributed by atoms with Crippen LogP contribution in [0.4, 0.5) is 0 Å². The van der Waals surface area contributed by atoms with Crippen LogP contribution in [0.5, 0.6) is 0 Å². The number of rotatable bonds is 11. The van der Waals surface area contributed by atoms with E-state index in [2.05, 4.69) is 40.7 Å². The van der Waals surface area contributed by atoms with Crippen LogP contribution >= 0.6 is 0 Å². The molecule has 1 aliphatic heterocycles. The first-order chi connectivity index (χ1) is 20.0. The molecule has 4 aliphatic carbocycles. The van der Waals surface area contributed by atoms with E-state index in [0.717, 1.165) is 48.3 Å². The second-order valence-corrected chi connectivity index (χ2v) is 15.6. The first-order valence-corrected chi connectivity index (χ1v) is 17.2. The molecule has 5 aliphatic rings. The van der Waals surface area contributed by atoms with E-state index in [0.29, 0.717) is 12.0 Å². The zero-order valence-electron chi connectivity index (χ0n) is 26.9. The molecule has 0 amide bonds. The molecule has 0 radical (unpaired) electrons. The Bertz CT molecular complexity index is 921. The van der Waals surface area contributed by atoms with Crippen molar-refractivity contribution in [3.05, 3.63) is 11.6 Å². The van der Waals surface area contributed by atoms with Gasteiger partial charge in [-0.2, -0.15) is 0 Å². The van der Waals surface area contributed by atoms with E-state index in [1.807, 2.05) is 0 Å². The van der Waals surface area contributed by atoms with Gasteiger partial charge in [-0.3, -0.25) is 0 Å². The number of hydrogen-bond acceptors (Lipinski definition) is 7. The lowest BCUT2D eigenvalue weighted by Gasteiger charge is -2.58. The first-order valence-electron chi connectivity index (χ1n) is 17.2. The Morgan fingerprint density at radius 1 is 0.905 bits per heavy atom. The van der Waals surface area contributed by atoms with Gasteiger partial charge < -0.3 is 34.6 Å². The van der Waals surface area contributed by atoms with Gasteiger partial charge in [-0.1, -0.05) is 65.5 Å². The Balaban J connectivity index is 1.13. The summed E-state index contributed by atoms with van der Waals surface area (Å²) in [5, 5.41) is 39.5. The smallest absolute Gasteiger partial charge is 0.186 e. The molecule has 4 N–H and O–H groups in total. The SMILES string of the molecule is CC(C)CCC[C@@H](C)[C@H]1CC[C@H]2[C@@H]3CC=C4C[C@@H](OCCO[C@@H]5O[C@H](CO)[C@@H](O)[C@H](O)[C@H]5O)CC[C@]4(C)[C@H]3CC[C@]12C. The lowest BCUT2D eigenvalue weighted by Crippen LogP contribution is -2.59. The van der Waals surface area contributed by atoms with Gasteiger partial charge in [0.2, 0.25) is 0 Å². The third kappa shape index (κ3) is 6.27. The molecule has 1 saturated heterocycles. The fourth-order valence-corrected chi connectivity index (χ4v) is 10.4. The largest absolute Gasteiger partial charge is 0.394 e. The van der Waals surface area contributed by atoms with Crippen molar-refractivity contribution in [3.63, 3.8) is 0 Å². The van der Waals surface area contributed by atoms with Crippen LogP contribution in [0.3, 0.4) is 0 Å². The van der Waals surface area contributed by atoms with Crippen molar-refractivity contribution in [3.8, 4) is 0 Å². The van der Waals surface area contributed by atoms with Gasteiger partial charge in [0.25, 0.3) is 0 Å². The van der Waals surface area contributed by atoms with Gasteiger partial charge in [0.15, 0.2) is 6.29 Å². The lowest BCUT2D eigenvalue weighted by atomic mass is 9.47. The molecule has 0 spiro atoms. The number of fused-ring (bicyclic) bond motifs is 5. The number of ether oxygens (including phenoxy) is 3. The van der Waals surface area contributed by atoms with Gasteiger partial charge in [0, 0.05) is 0 Å². The Morgan fingerprint density at radius 2 is 1.67 bits per heavy atom. The maximum atomic E-state index is 10.2. The van der Waals surface area contributed by atoms with Crippen LogP contribution in [0.25, 0.3) is 0 Å². The summed E-state index contributed by atoms with van der Waals surface area (Å²) in [4.78, 5) is 0. The number of aliphatic hydroxyl groups is 4. The molecule has 0 bridgehead atoms. The number of aliphatic hydroxyl groups excluding tert-OH is 4. The van der Waals surface area contributed by atoms with Gasteiger partial charge in [0.05, 0.1) is 25.9 Å². The maximum Gasteiger partial charge on any atom is 0.186 e. The van der Waals surface area contributed by atoms with Gasteiger partial charge in [0.1, 0.15) is 24.4 Å². The first kappa shape index (κ1) is 32.8. The predicted molar refractivity (Wildman–Crippen MR) is 163 cm³/mol. The maximum absolute atomic E-state index is 10.2. The van der Waals surface area contributed by atoms with Crippen molar-refractivity contribution in [1.82, 2.24) is 0 Å². The van der Waals surface area contributed by atoms with Gasteiger partial charge >= 0.3 is 0 Å². The summed E-state index contributed by atoms with van der Waals surface area (Å²) >= 11 is 0. The van der Waals surface area contributed by atoms with Gasteiger partial charge in [-0.05, 0) is 97.7 Å². The summed E-state index contributed by atoms with van der Waals surface area (Å²) in [6, 6.07) is 0. The summed E-state index contributed by atoms with van der Waals surface area (Å²) in [6.07, 6.45) is 10.7. The predicted octanol–water partition coefficient (Wildman–Crippen LogP) is 5.23. The molecule has 0 aromatic rings. The van der Waals surface area contributed by atoms with E-state index >= 15 is 0 Å². The van der Waals surface area contributed by atoms with Crippen molar-refractivity contribution in [2.24, 2.45) is 46.3 Å². The molecule has 242 valence electrons. The van der Waals surface area contributed by atoms with E-state index in [1.54, 1.807) is 5.57 Å². The lowest BCUT2D eigenvalue weighted by molar-refractivity contribution is -0.302. The topological polar surface area (TPSA) is 109 Å². The third-order valence-electron chi connectivity index (χ3n) is 12.8. The molecule has 0 unspecified atom stereocenters. The number of allylic oxidation sites excluding steroid dienone is 1. The Hall–Kier alpha value is -0.540. The van der Waals surface area contributed by atoms with Crippen molar-refractivity contribution < 1.29 is 34.6 Å². The van der Waals surface area contributed by atoms with Crippen LogP contribution in [0.2, 0.25) is 0 Å². The van der Waals surface area contributed by atoms with E-state index in [4.69, 9.17) is 14.2 Å². The second-order valence-electron chi connectivity index (χ2n) is 15.6. The van der Waals surface area contributed by atoms with Gasteiger partial charge in [-0.25, -0.2) is 0 Å². The van der Waals surface area contributed by atoms with Crippen molar-refractivity contribution >= 4 is 0 Å². The Labute approximate surface area is 254 Å². The van der Waals surface area contributed by atoms with Crippen LogP contribution in [-0.4, -0.2) is 77.1 Å². The zero-order valence-corrected chi connectivity index (χ0v) is 26.9. The van der Waals surface area contributed by atoms with Crippen LogP contribution in [0.1, 0.15) is 105 Å². The van der Waals surface area contributed by atoms with E-state index in [9.17, 15) is 20.4 Å². The summed E-state index contributed by atoms with van der Waals surface area (Å²) in [6.45, 7) is 12.6. The van der Waals surface area contributed by atoms with Crippen molar-refractivity contribution in [2.45, 2.75) is 142 Å². The van der Waals surface area contributed by atoms with E-state index < -0.39 is 37.3 Å². The highest BCUT2D eigenvalue weighted by molar-refractivity contribution is 5.25. The molecule has 5 rings (SSSR count). The highest BCUT2D eigenvalue weighted by atomic mass is 16.7. The summed E-state index contributed by atoms with van der Waals surface area (Å²) in [5.74, 6) is 5.04. The minimum absolute atomic E-state index is 0.163. The molecule has 1 heterocycles. The van der Waals surface area contributed by atoms with Crippen LogP contribution < -0.4 is 0 Å². The van der Waals surface area contributed by atoms with Crippen LogP contribution in [0, 0.1) is 46.3 Å². The Kier molecular flexibility index (Phi) is 10.5.